The number of pyridine rings is 1. The van der Waals surface area contributed by atoms with Crippen LogP contribution in [0, 0.1) is 19.7 Å². The number of ether oxygens (including phenoxy) is 1. The number of aryl methyl sites for hydroxylation is 2. The van der Waals surface area contributed by atoms with E-state index in [2.05, 4.69) is 14.7 Å². The number of hydrogen-bond acceptors (Lipinski definition) is 6. The van der Waals surface area contributed by atoms with Crippen molar-refractivity contribution in [2.75, 3.05) is 0 Å². The minimum Gasteiger partial charge on any atom is -0.436 e. The minimum atomic E-state index is -3.66. The highest BCUT2D eigenvalue weighted by atomic mass is 32.2. The van der Waals surface area contributed by atoms with Gasteiger partial charge in [0.2, 0.25) is 5.88 Å². The van der Waals surface area contributed by atoms with Crippen LogP contribution < -0.4 is 9.46 Å². The Hall–Kier alpha value is -2.36. The van der Waals surface area contributed by atoms with Crippen molar-refractivity contribution in [2.45, 2.75) is 24.6 Å². The Morgan fingerprint density at radius 3 is 2.69 bits per heavy atom. The van der Waals surface area contributed by atoms with E-state index in [0.717, 1.165) is 11.3 Å². The highest BCUT2D eigenvalue weighted by Crippen LogP contribution is 2.24. The fraction of sp³-hybridized carbons (Fsp3) is 0.176. The Kier molecular flexibility index (Phi) is 5.30. The molecule has 0 fully saturated rings. The van der Waals surface area contributed by atoms with Crippen molar-refractivity contribution < 1.29 is 17.5 Å². The summed E-state index contributed by atoms with van der Waals surface area (Å²) in [5, 5.41) is 0.687. The number of thiazole rings is 1. The molecule has 2 aromatic heterocycles. The number of benzene rings is 1. The van der Waals surface area contributed by atoms with Crippen molar-refractivity contribution in [3.63, 3.8) is 0 Å². The summed E-state index contributed by atoms with van der Waals surface area (Å²) in [6.07, 6.45) is 1.47. The van der Waals surface area contributed by atoms with Crippen molar-refractivity contribution >= 4 is 21.4 Å². The quantitative estimate of drug-likeness (QED) is 0.692. The van der Waals surface area contributed by atoms with Gasteiger partial charge in [-0.05, 0) is 37.6 Å². The van der Waals surface area contributed by atoms with Gasteiger partial charge in [0.05, 0.1) is 10.7 Å². The van der Waals surface area contributed by atoms with Crippen LogP contribution in [0.3, 0.4) is 0 Å². The molecule has 0 unspecified atom stereocenters. The molecule has 2 heterocycles. The Labute approximate surface area is 154 Å². The fourth-order valence-corrected chi connectivity index (χ4v) is 4.81. The molecule has 6 nitrogen and oxygen atoms in total. The smallest absolute Gasteiger partial charge is 0.252 e. The molecular weight excluding hydrogens is 377 g/mol. The first-order valence-corrected chi connectivity index (χ1v) is 9.96. The average molecular weight is 393 g/mol. The molecule has 9 heteroatoms. The van der Waals surface area contributed by atoms with Gasteiger partial charge >= 0.3 is 0 Å². The second-order valence-electron chi connectivity index (χ2n) is 5.47. The van der Waals surface area contributed by atoms with Crippen LogP contribution in [0.4, 0.5) is 4.39 Å². The Morgan fingerprint density at radius 1 is 1.23 bits per heavy atom. The van der Waals surface area contributed by atoms with Crippen LogP contribution in [0.25, 0.3) is 0 Å². The molecule has 136 valence electrons. The zero-order chi connectivity index (χ0) is 18.7. The van der Waals surface area contributed by atoms with Gasteiger partial charge < -0.3 is 4.74 Å². The van der Waals surface area contributed by atoms with E-state index in [1.165, 1.54) is 18.3 Å². The Morgan fingerprint density at radius 2 is 2.00 bits per heavy atom. The van der Waals surface area contributed by atoms with Crippen LogP contribution in [-0.4, -0.2) is 18.4 Å². The number of aromatic nitrogens is 2. The lowest BCUT2D eigenvalue weighted by molar-refractivity contribution is 0.427. The maximum atomic E-state index is 13.7. The zero-order valence-corrected chi connectivity index (χ0v) is 15.7. The number of sulfonamides is 1. The van der Waals surface area contributed by atoms with E-state index in [0.29, 0.717) is 16.3 Å². The summed E-state index contributed by atoms with van der Waals surface area (Å²) in [4.78, 5) is 8.16. The summed E-state index contributed by atoms with van der Waals surface area (Å²) < 4.78 is 46.7. The van der Waals surface area contributed by atoms with Crippen molar-refractivity contribution in [3.8, 4) is 11.6 Å². The van der Waals surface area contributed by atoms with Gasteiger partial charge in [-0.1, -0.05) is 12.1 Å². The van der Waals surface area contributed by atoms with E-state index in [1.54, 1.807) is 38.1 Å². The van der Waals surface area contributed by atoms with Crippen LogP contribution in [0.5, 0.6) is 11.6 Å². The maximum Gasteiger partial charge on any atom is 0.252 e. The van der Waals surface area contributed by atoms with Gasteiger partial charge in [-0.15, -0.1) is 11.3 Å². The lowest BCUT2D eigenvalue weighted by atomic mass is 10.3. The summed E-state index contributed by atoms with van der Waals surface area (Å²) in [6.45, 7) is 3.46. The number of hydrogen-bond donors (Lipinski definition) is 1. The number of rotatable bonds is 6. The lowest BCUT2D eigenvalue weighted by Crippen LogP contribution is -2.23. The minimum absolute atomic E-state index is 0.0495. The Bertz CT molecular complexity index is 1040. The number of halogens is 1. The van der Waals surface area contributed by atoms with Crippen LogP contribution in [0.15, 0.2) is 46.8 Å². The third-order valence-electron chi connectivity index (χ3n) is 3.42. The SMILES string of the molecule is Cc1nc(C)c(S(=O)(=O)NCc2ccnc(Oc3ccccc3F)c2)s1. The molecule has 0 bridgehead atoms. The van der Waals surface area contributed by atoms with E-state index in [4.69, 9.17) is 4.74 Å². The molecule has 1 aromatic carbocycles. The zero-order valence-electron chi connectivity index (χ0n) is 14.1. The van der Waals surface area contributed by atoms with Gasteiger partial charge in [0.1, 0.15) is 0 Å². The molecule has 0 aliphatic heterocycles. The van der Waals surface area contributed by atoms with E-state index in [9.17, 15) is 12.8 Å². The topological polar surface area (TPSA) is 81.2 Å². The van der Waals surface area contributed by atoms with Gasteiger partial charge in [0.25, 0.3) is 10.0 Å². The van der Waals surface area contributed by atoms with Gasteiger partial charge in [-0.25, -0.2) is 27.5 Å². The number of nitrogens with one attached hydrogen (secondary N) is 1. The normalized spacial score (nSPS) is 11.5. The van der Waals surface area contributed by atoms with Gasteiger partial charge in [0, 0.05) is 18.8 Å². The first-order chi connectivity index (χ1) is 12.3. The number of para-hydroxylation sites is 1. The summed E-state index contributed by atoms with van der Waals surface area (Å²) >= 11 is 1.12. The predicted molar refractivity (Wildman–Crippen MR) is 96.3 cm³/mol. The van der Waals surface area contributed by atoms with Crippen molar-refractivity contribution in [2.24, 2.45) is 0 Å². The third kappa shape index (κ3) is 4.24. The monoisotopic (exact) mass is 393 g/mol. The predicted octanol–water partition coefficient (Wildman–Crippen LogP) is 3.56. The largest absolute Gasteiger partial charge is 0.436 e. The standard InChI is InChI=1S/C17H16FN3O3S2/c1-11-17(25-12(2)21-11)26(22,23)20-10-13-7-8-19-16(9-13)24-15-6-4-3-5-14(15)18/h3-9,20H,10H2,1-2H3. The van der Waals surface area contributed by atoms with E-state index >= 15 is 0 Å². The molecule has 3 aromatic rings. The molecule has 0 aliphatic rings. The molecule has 0 saturated heterocycles. The molecule has 26 heavy (non-hydrogen) atoms. The molecule has 0 atom stereocenters. The van der Waals surface area contributed by atoms with Gasteiger partial charge in [0.15, 0.2) is 15.8 Å². The molecule has 0 aliphatic carbocycles. The van der Waals surface area contributed by atoms with Crippen LogP contribution >= 0.6 is 11.3 Å². The number of nitrogens with zero attached hydrogens (tertiary/aromatic N) is 2. The molecular formula is C17H16FN3O3S2. The highest BCUT2D eigenvalue weighted by Gasteiger charge is 2.20. The molecule has 0 amide bonds. The van der Waals surface area contributed by atoms with Gasteiger partial charge in [-0.3, -0.25) is 0 Å². The first-order valence-electron chi connectivity index (χ1n) is 7.66. The summed E-state index contributed by atoms with van der Waals surface area (Å²) in [7, 11) is -3.66. The average Bonchev–Trinajstić information content (AvgIpc) is 2.95. The second kappa shape index (κ2) is 7.48. The van der Waals surface area contributed by atoms with Gasteiger partial charge in [-0.2, -0.15) is 0 Å². The molecule has 0 saturated carbocycles. The summed E-state index contributed by atoms with van der Waals surface area (Å²) in [5.74, 6) is -0.276. The van der Waals surface area contributed by atoms with Crippen LogP contribution in [-0.2, 0) is 16.6 Å². The fourth-order valence-electron chi connectivity index (χ4n) is 2.26. The summed E-state index contributed by atoms with van der Waals surface area (Å²) in [5.41, 5.74) is 1.10. The molecule has 3 rings (SSSR count). The lowest BCUT2D eigenvalue weighted by Gasteiger charge is -2.08. The molecule has 1 N–H and O–H groups in total. The highest BCUT2D eigenvalue weighted by molar-refractivity contribution is 7.91. The Balaban J connectivity index is 1.73. The summed E-state index contributed by atoms with van der Waals surface area (Å²) in [6, 6.07) is 9.19. The van der Waals surface area contributed by atoms with E-state index < -0.39 is 15.8 Å². The van der Waals surface area contributed by atoms with Crippen LogP contribution in [0.2, 0.25) is 0 Å². The third-order valence-corrected chi connectivity index (χ3v) is 6.51. The maximum absolute atomic E-state index is 13.7. The first kappa shape index (κ1) is 18.4. The van der Waals surface area contributed by atoms with E-state index in [-0.39, 0.29) is 22.4 Å². The van der Waals surface area contributed by atoms with Crippen molar-refractivity contribution in [1.29, 1.82) is 0 Å². The van der Waals surface area contributed by atoms with Crippen molar-refractivity contribution in [1.82, 2.24) is 14.7 Å². The van der Waals surface area contributed by atoms with E-state index in [1.807, 2.05) is 0 Å². The van der Waals surface area contributed by atoms with Crippen molar-refractivity contribution in [3.05, 3.63) is 64.7 Å². The molecule has 0 radical (unpaired) electrons. The molecule has 0 spiro atoms. The second-order valence-corrected chi connectivity index (χ2v) is 8.63. The van der Waals surface area contributed by atoms with Crippen LogP contribution in [0.1, 0.15) is 16.3 Å².